The van der Waals surface area contributed by atoms with E-state index in [1.54, 1.807) is 0 Å². The van der Waals surface area contributed by atoms with Crippen LogP contribution in [0.1, 0.15) is 364 Å². The number of hydrogen-bond acceptors (Lipinski definition) is 15. The van der Waals surface area contributed by atoms with E-state index in [2.05, 4.69) is 55.4 Å². The number of unbranched alkanes of at least 4 members (excludes halogenated alkanes) is 36. The van der Waals surface area contributed by atoms with E-state index in [-0.39, 0.29) is 25.7 Å². The molecule has 0 spiro atoms. The zero-order valence-corrected chi connectivity index (χ0v) is 62.0. The number of phosphoric acid groups is 2. The summed E-state index contributed by atoms with van der Waals surface area (Å²) in [4.78, 5) is 72.7. The van der Waals surface area contributed by atoms with Crippen molar-refractivity contribution in [2.45, 2.75) is 382 Å². The summed E-state index contributed by atoms with van der Waals surface area (Å²) >= 11 is 0. The lowest BCUT2D eigenvalue weighted by molar-refractivity contribution is -0.161. The molecule has 546 valence electrons. The Balaban J connectivity index is 5.26. The molecule has 17 nitrogen and oxygen atoms in total. The Morgan fingerprint density at radius 2 is 0.457 bits per heavy atom. The molecule has 3 N–H and O–H groups in total. The van der Waals surface area contributed by atoms with Crippen molar-refractivity contribution in [1.82, 2.24) is 0 Å². The lowest BCUT2D eigenvalue weighted by Crippen LogP contribution is -2.30. The first-order valence-electron chi connectivity index (χ1n) is 37.7. The van der Waals surface area contributed by atoms with Crippen molar-refractivity contribution >= 4 is 39.5 Å². The predicted octanol–water partition coefficient (Wildman–Crippen LogP) is 20.9. The van der Waals surface area contributed by atoms with Gasteiger partial charge in [0.25, 0.3) is 0 Å². The number of rotatable bonds is 70. The predicted molar refractivity (Wildman–Crippen MR) is 372 cm³/mol. The first-order valence-corrected chi connectivity index (χ1v) is 40.7. The molecular weight excluding hydrogens is 1210 g/mol. The van der Waals surface area contributed by atoms with E-state index in [0.29, 0.717) is 25.7 Å². The van der Waals surface area contributed by atoms with Crippen molar-refractivity contribution in [2.75, 3.05) is 39.6 Å². The molecule has 92 heavy (non-hydrogen) atoms. The van der Waals surface area contributed by atoms with Crippen LogP contribution in [0.5, 0.6) is 0 Å². The Morgan fingerprint density at radius 1 is 0.272 bits per heavy atom. The first-order chi connectivity index (χ1) is 44.1. The van der Waals surface area contributed by atoms with Gasteiger partial charge < -0.3 is 33.8 Å². The van der Waals surface area contributed by atoms with Gasteiger partial charge in [0.1, 0.15) is 19.3 Å². The van der Waals surface area contributed by atoms with Crippen LogP contribution in [0.2, 0.25) is 0 Å². The molecule has 0 aliphatic carbocycles. The molecule has 0 aromatic heterocycles. The second kappa shape index (κ2) is 62.6. The van der Waals surface area contributed by atoms with Gasteiger partial charge in [-0.3, -0.25) is 37.3 Å². The zero-order valence-electron chi connectivity index (χ0n) is 60.2. The van der Waals surface area contributed by atoms with Gasteiger partial charge in [-0.05, 0) is 49.4 Å². The Bertz CT molecular complexity index is 1820. The minimum atomic E-state index is -4.96. The lowest BCUT2D eigenvalue weighted by atomic mass is 10.0. The number of carbonyl (C=O) groups excluding carboxylic acids is 4. The normalized spacial score (nSPS) is 14.2. The van der Waals surface area contributed by atoms with Gasteiger partial charge in [-0.25, -0.2) is 9.13 Å². The summed E-state index contributed by atoms with van der Waals surface area (Å²) < 4.78 is 68.4. The van der Waals surface area contributed by atoms with E-state index in [0.717, 1.165) is 114 Å². The van der Waals surface area contributed by atoms with Gasteiger partial charge in [0, 0.05) is 25.7 Å². The maximum Gasteiger partial charge on any atom is 0.472 e. The summed E-state index contributed by atoms with van der Waals surface area (Å²) in [7, 11) is -9.91. The van der Waals surface area contributed by atoms with Crippen molar-refractivity contribution in [1.29, 1.82) is 0 Å². The third-order valence-corrected chi connectivity index (χ3v) is 18.7. The van der Waals surface area contributed by atoms with Gasteiger partial charge >= 0.3 is 39.5 Å². The summed E-state index contributed by atoms with van der Waals surface area (Å²) in [5, 5.41) is 10.6. The summed E-state index contributed by atoms with van der Waals surface area (Å²) in [6.07, 6.45) is 45.8. The standard InChI is InChI=1S/C73H142O17P2/c1-63(2)49-41-33-25-17-12-9-10-14-20-29-37-45-53-70(75)83-59-68(89-72(77)55-47-39-31-21-15-11-13-18-26-34-42-50-64(3)4)61-87-91(79,80)85-57-67(74)58-86-92(81,82)88-62-69(60-84-71(76)54-46-38-30-24-23-28-36-44-52-66(7)8)90-73(78)56-48-40-32-22-16-19-27-35-43-51-65(5)6/h63-69,74H,9-62H2,1-8H3,(H,79,80)(H,81,82)/t67?,68-,69-/m1/s1. The number of carbonyl (C=O) groups is 4. The Hall–Kier alpha value is -1.94. The van der Waals surface area contributed by atoms with Crippen molar-refractivity contribution < 1.29 is 80.2 Å². The van der Waals surface area contributed by atoms with Gasteiger partial charge in [0.05, 0.1) is 26.4 Å². The van der Waals surface area contributed by atoms with Crippen LogP contribution in [0.25, 0.3) is 0 Å². The van der Waals surface area contributed by atoms with Gasteiger partial charge in [-0.15, -0.1) is 0 Å². The SMILES string of the molecule is CC(C)CCCCCCCCCCCCCCC(=O)OC[C@H](COP(=O)(O)OCC(O)COP(=O)(O)OC[C@@H](COC(=O)CCCCCCCCCCC(C)C)OC(=O)CCCCCCCCCCCC(C)C)OC(=O)CCCCCCCCCCCCCC(C)C. The quantitative estimate of drug-likeness (QED) is 0.0222. The van der Waals surface area contributed by atoms with E-state index in [4.69, 9.17) is 37.0 Å². The highest BCUT2D eigenvalue weighted by molar-refractivity contribution is 7.47. The molecule has 0 fully saturated rings. The van der Waals surface area contributed by atoms with E-state index >= 15 is 0 Å². The van der Waals surface area contributed by atoms with E-state index in [1.807, 2.05) is 0 Å². The monoisotopic (exact) mass is 1350 g/mol. The topological polar surface area (TPSA) is 237 Å². The van der Waals surface area contributed by atoms with Crippen LogP contribution in [-0.2, 0) is 65.4 Å². The molecule has 0 rings (SSSR count). The smallest absolute Gasteiger partial charge is 0.462 e. The average Bonchev–Trinajstić information content (AvgIpc) is 1.46. The zero-order chi connectivity index (χ0) is 68.2. The largest absolute Gasteiger partial charge is 0.472 e. The second-order valence-corrected chi connectivity index (χ2v) is 31.1. The molecule has 0 heterocycles. The Morgan fingerprint density at radius 3 is 0.674 bits per heavy atom. The van der Waals surface area contributed by atoms with E-state index in [1.165, 1.54) is 167 Å². The van der Waals surface area contributed by atoms with Crippen LogP contribution in [0.4, 0.5) is 0 Å². The molecule has 0 aliphatic rings. The number of ether oxygens (including phenoxy) is 4. The Labute approximate surface area is 562 Å². The fourth-order valence-corrected chi connectivity index (χ4v) is 12.6. The van der Waals surface area contributed by atoms with Crippen LogP contribution < -0.4 is 0 Å². The molecule has 0 amide bonds. The molecule has 0 radical (unpaired) electrons. The summed E-state index contributed by atoms with van der Waals surface area (Å²) in [5.41, 5.74) is 0. The molecule has 0 saturated heterocycles. The highest BCUT2D eigenvalue weighted by atomic mass is 31.2. The third-order valence-electron chi connectivity index (χ3n) is 16.8. The number of aliphatic hydroxyl groups excluding tert-OH is 1. The average molecular weight is 1350 g/mol. The molecule has 5 atom stereocenters. The molecule has 0 bridgehead atoms. The van der Waals surface area contributed by atoms with Gasteiger partial charge in [-0.2, -0.15) is 0 Å². The fraction of sp³-hybridized carbons (Fsp3) is 0.945. The van der Waals surface area contributed by atoms with Gasteiger partial charge in [0.15, 0.2) is 12.2 Å². The molecule has 0 aromatic carbocycles. The van der Waals surface area contributed by atoms with Crippen LogP contribution in [0.15, 0.2) is 0 Å². The van der Waals surface area contributed by atoms with E-state index < -0.39 is 97.5 Å². The van der Waals surface area contributed by atoms with Crippen LogP contribution in [0, 0.1) is 23.7 Å². The number of aliphatic hydroxyl groups is 1. The van der Waals surface area contributed by atoms with E-state index in [9.17, 15) is 43.2 Å². The third kappa shape index (κ3) is 66.7. The fourth-order valence-electron chi connectivity index (χ4n) is 11.0. The highest BCUT2D eigenvalue weighted by Gasteiger charge is 2.30. The summed E-state index contributed by atoms with van der Waals surface area (Å²) in [6.45, 7) is 14.1. The molecule has 19 heteroatoms. The first kappa shape index (κ1) is 90.1. The summed E-state index contributed by atoms with van der Waals surface area (Å²) in [5.74, 6) is 0.885. The van der Waals surface area contributed by atoms with Crippen molar-refractivity contribution in [3.63, 3.8) is 0 Å². The van der Waals surface area contributed by atoms with Gasteiger partial charge in [-0.1, -0.05) is 312 Å². The molecular formula is C73H142O17P2. The number of hydrogen-bond donors (Lipinski definition) is 3. The van der Waals surface area contributed by atoms with Crippen LogP contribution in [0.3, 0.4) is 0 Å². The second-order valence-electron chi connectivity index (χ2n) is 28.2. The highest BCUT2D eigenvalue weighted by Crippen LogP contribution is 2.45. The molecule has 3 unspecified atom stereocenters. The maximum absolute atomic E-state index is 13.1. The minimum Gasteiger partial charge on any atom is -0.462 e. The van der Waals surface area contributed by atoms with Crippen LogP contribution >= 0.6 is 15.6 Å². The van der Waals surface area contributed by atoms with Crippen LogP contribution in [-0.4, -0.2) is 96.7 Å². The number of esters is 4. The van der Waals surface area contributed by atoms with Gasteiger partial charge in [0.2, 0.25) is 0 Å². The summed E-state index contributed by atoms with van der Waals surface area (Å²) in [6, 6.07) is 0. The van der Waals surface area contributed by atoms with Crippen molar-refractivity contribution in [3.8, 4) is 0 Å². The number of phosphoric ester groups is 2. The van der Waals surface area contributed by atoms with Crippen molar-refractivity contribution in [2.24, 2.45) is 23.7 Å². The minimum absolute atomic E-state index is 0.104. The molecule has 0 aliphatic heterocycles. The Kier molecular flexibility index (Phi) is 61.3. The van der Waals surface area contributed by atoms with Crippen molar-refractivity contribution in [3.05, 3.63) is 0 Å². The molecule has 0 aromatic rings. The molecule has 0 saturated carbocycles. The lowest BCUT2D eigenvalue weighted by Gasteiger charge is -2.21. The maximum atomic E-state index is 13.1.